The SMILES string of the molecule is COC(=O)c1cccc(CN2C(=O)OC[C@H]2C(=O)NCc2cccnc2)c1. The monoisotopic (exact) mass is 369 g/mol. The summed E-state index contributed by atoms with van der Waals surface area (Å²) in [5.41, 5.74) is 1.93. The van der Waals surface area contributed by atoms with Crippen molar-refractivity contribution in [3.63, 3.8) is 0 Å². The number of nitrogens with one attached hydrogen (secondary N) is 1. The predicted molar refractivity (Wildman–Crippen MR) is 94.5 cm³/mol. The number of aromatic nitrogens is 1. The van der Waals surface area contributed by atoms with E-state index in [0.29, 0.717) is 17.7 Å². The van der Waals surface area contributed by atoms with Crippen LogP contribution in [0.2, 0.25) is 0 Å². The van der Waals surface area contributed by atoms with Gasteiger partial charge in [-0.15, -0.1) is 0 Å². The van der Waals surface area contributed by atoms with Crippen molar-refractivity contribution in [3.05, 3.63) is 65.5 Å². The first-order valence-electron chi connectivity index (χ1n) is 8.35. The topological polar surface area (TPSA) is 97.8 Å². The first kappa shape index (κ1) is 18.4. The lowest BCUT2D eigenvalue weighted by Crippen LogP contribution is -2.45. The molecule has 8 nitrogen and oxygen atoms in total. The molecule has 0 bridgehead atoms. The number of carbonyl (C=O) groups excluding carboxylic acids is 3. The van der Waals surface area contributed by atoms with Crippen LogP contribution in [0.15, 0.2) is 48.8 Å². The zero-order chi connectivity index (χ0) is 19.2. The van der Waals surface area contributed by atoms with Gasteiger partial charge in [-0.1, -0.05) is 18.2 Å². The average Bonchev–Trinajstić information content (AvgIpc) is 3.07. The van der Waals surface area contributed by atoms with Gasteiger partial charge in [-0.25, -0.2) is 9.59 Å². The second-order valence-corrected chi connectivity index (χ2v) is 5.99. The van der Waals surface area contributed by atoms with E-state index in [1.54, 1.807) is 42.7 Å². The molecule has 2 heterocycles. The fourth-order valence-corrected chi connectivity index (χ4v) is 2.76. The van der Waals surface area contributed by atoms with Gasteiger partial charge in [0.15, 0.2) is 0 Å². The second kappa shape index (κ2) is 8.31. The number of hydrogen-bond donors (Lipinski definition) is 1. The number of benzene rings is 1. The van der Waals surface area contributed by atoms with Crippen molar-refractivity contribution in [2.45, 2.75) is 19.1 Å². The number of amides is 2. The highest BCUT2D eigenvalue weighted by atomic mass is 16.6. The van der Waals surface area contributed by atoms with Crippen molar-refractivity contribution in [3.8, 4) is 0 Å². The Morgan fingerprint density at radius 1 is 1.30 bits per heavy atom. The van der Waals surface area contributed by atoms with Gasteiger partial charge in [-0.3, -0.25) is 14.7 Å². The molecule has 0 aliphatic carbocycles. The molecule has 27 heavy (non-hydrogen) atoms. The summed E-state index contributed by atoms with van der Waals surface area (Å²) in [5, 5.41) is 2.79. The lowest BCUT2D eigenvalue weighted by molar-refractivity contribution is -0.125. The van der Waals surface area contributed by atoms with Crippen LogP contribution in [0.4, 0.5) is 4.79 Å². The van der Waals surface area contributed by atoms with E-state index < -0.39 is 18.1 Å². The molecular weight excluding hydrogens is 350 g/mol. The quantitative estimate of drug-likeness (QED) is 0.775. The van der Waals surface area contributed by atoms with E-state index in [9.17, 15) is 14.4 Å². The van der Waals surface area contributed by atoms with E-state index in [1.165, 1.54) is 12.0 Å². The number of rotatable bonds is 6. The van der Waals surface area contributed by atoms with Gasteiger partial charge in [0.05, 0.1) is 19.2 Å². The van der Waals surface area contributed by atoms with E-state index in [1.807, 2.05) is 6.07 Å². The lowest BCUT2D eigenvalue weighted by Gasteiger charge is -2.21. The van der Waals surface area contributed by atoms with Gasteiger partial charge in [-0.05, 0) is 29.3 Å². The molecule has 1 aliphatic rings. The van der Waals surface area contributed by atoms with Crippen LogP contribution in [-0.2, 0) is 27.4 Å². The Bertz CT molecular complexity index is 840. The van der Waals surface area contributed by atoms with Crippen LogP contribution in [-0.4, -0.2) is 47.6 Å². The van der Waals surface area contributed by atoms with E-state index in [2.05, 4.69) is 10.3 Å². The molecule has 0 spiro atoms. The zero-order valence-corrected chi connectivity index (χ0v) is 14.8. The summed E-state index contributed by atoms with van der Waals surface area (Å²) in [4.78, 5) is 41.6. The highest BCUT2D eigenvalue weighted by Gasteiger charge is 2.37. The summed E-state index contributed by atoms with van der Waals surface area (Å²) in [6, 6.07) is 9.60. The number of ether oxygens (including phenoxy) is 2. The molecule has 0 saturated carbocycles. The summed E-state index contributed by atoms with van der Waals surface area (Å²) < 4.78 is 9.75. The highest BCUT2D eigenvalue weighted by Crippen LogP contribution is 2.18. The number of carbonyl (C=O) groups is 3. The van der Waals surface area contributed by atoms with Gasteiger partial charge < -0.3 is 14.8 Å². The number of nitrogens with zero attached hydrogens (tertiary/aromatic N) is 2. The van der Waals surface area contributed by atoms with Gasteiger partial charge in [0.1, 0.15) is 12.6 Å². The minimum atomic E-state index is -0.740. The molecule has 1 saturated heterocycles. The number of cyclic esters (lactones) is 1. The number of esters is 1. The van der Waals surface area contributed by atoms with E-state index in [4.69, 9.17) is 9.47 Å². The summed E-state index contributed by atoms with van der Waals surface area (Å²) in [6.07, 6.45) is 2.74. The Morgan fingerprint density at radius 2 is 2.11 bits per heavy atom. The molecular formula is C19H19N3O5. The van der Waals surface area contributed by atoms with E-state index in [0.717, 1.165) is 5.56 Å². The normalized spacial score (nSPS) is 16.0. The van der Waals surface area contributed by atoms with Crippen molar-refractivity contribution in [2.75, 3.05) is 13.7 Å². The first-order chi connectivity index (χ1) is 13.1. The van der Waals surface area contributed by atoms with Crippen molar-refractivity contribution < 1.29 is 23.9 Å². The van der Waals surface area contributed by atoms with Crippen molar-refractivity contribution in [1.82, 2.24) is 15.2 Å². The Kier molecular flexibility index (Phi) is 5.65. The Labute approximate surface area is 156 Å². The number of pyridine rings is 1. The predicted octanol–water partition coefficient (Wildman–Crippen LogP) is 1.51. The van der Waals surface area contributed by atoms with Gasteiger partial charge in [0.25, 0.3) is 0 Å². The van der Waals surface area contributed by atoms with Crippen molar-refractivity contribution in [1.29, 1.82) is 0 Å². The third-order valence-electron chi connectivity index (χ3n) is 4.17. The molecule has 1 aliphatic heterocycles. The summed E-state index contributed by atoms with van der Waals surface area (Å²) >= 11 is 0. The Hall–Kier alpha value is -3.42. The fourth-order valence-electron chi connectivity index (χ4n) is 2.76. The smallest absolute Gasteiger partial charge is 0.410 e. The molecule has 2 amide bonds. The molecule has 1 N–H and O–H groups in total. The molecule has 1 atom stereocenters. The van der Waals surface area contributed by atoms with E-state index >= 15 is 0 Å². The third kappa shape index (κ3) is 4.41. The van der Waals surface area contributed by atoms with Gasteiger partial charge in [-0.2, -0.15) is 0 Å². The van der Waals surface area contributed by atoms with Crippen LogP contribution in [0.3, 0.4) is 0 Å². The first-order valence-corrected chi connectivity index (χ1v) is 8.35. The fraction of sp³-hybridized carbons (Fsp3) is 0.263. The third-order valence-corrected chi connectivity index (χ3v) is 4.17. The minimum absolute atomic E-state index is 0.0194. The second-order valence-electron chi connectivity index (χ2n) is 5.99. The number of hydrogen-bond acceptors (Lipinski definition) is 6. The summed E-state index contributed by atoms with van der Waals surface area (Å²) in [5.74, 6) is -0.777. The summed E-state index contributed by atoms with van der Waals surface area (Å²) in [7, 11) is 1.30. The summed E-state index contributed by atoms with van der Waals surface area (Å²) in [6.45, 7) is 0.437. The highest BCUT2D eigenvalue weighted by molar-refractivity contribution is 5.90. The van der Waals surface area contributed by atoms with Crippen LogP contribution in [0.25, 0.3) is 0 Å². The zero-order valence-electron chi connectivity index (χ0n) is 14.8. The van der Waals surface area contributed by atoms with Crippen LogP contribution < -0.4 is 5.32 Å². The standard InChI is InChI=1S/C19H19N3O5/c1-26-18(24)15-6-2-4-13(8-15)11-22-16(12-27-19(22)25)17(23)21-10-14-5-3-7-20-9-14/h2-9,16H,10-12H2,1H3,(H,21,23)/t16-/m0/s1. The average molecular weight is 369 g/mol. The maximum absolute atomic E-state index is 12.5. The van der Waals surface area contributed by atoms with Crippen LogP contribution >= 0.6 is 0 Å². The minimum Gasteiger partial charge on any atom is -0.465 e. The molecule has 1 fully saturated rings. The van der Waals surface area contributed by atoms with E-state index in [-0.39, 0.29) is 19.1 Å². The molecule has 8 heteroatoms. The molecule has 0 radical (unpaired) electrons. The van der Waals surface area contributed by atoms with Crippen molar-refractivity contribution in [2.24, 2.45) is 0 Å². The van der Waals surface area contributed by atoms with Gasteiger partial charge in [0.2, 0.25) is 5.91 Å². The van der Waals surface area contributed by atoms with Gasteiger partial charge >= 0.3 is 12.1 Å². The Morgan fingerprint density at radius 3 is 2.85 bits per heavy atom. The van der Waals surface area contributed by atoms with Crippen LogP contribution in [0.5, 0.6) is 0 Å². The van der Waals surface area contributed by atoms with Crippen molar-refractivity contribution >= 4 is 18.0 Å². The molecule has 1 aromatic heterocycles. The molecule has 1 aromatic carbocycles. The largest absolute Gasteiger partial charge is 0.465 e. The van der Waals surface area contributed by atoms with Gasteiger partial charge in [0, 0.05) is 18.9 Å². The van der Waals surface area contributed by atoms with Crippen LogP contribution in [0, 0.1) is 0 Å². The Balaban J connectivity index is 1.67. The molecule has 0 unspecified atom stereocenters. The number of methoxy groups -OCH3 is 1. The molecule has 140 valence electrons. The molecule has 3 rings (SSSR count). The lowest BCUT2D eigenvalue weighted by atomic mass is 10.1. The maximum Gasteiger partial charge on any atom is 0.410 e. The molecule has 2 aromatic rings. The van der Waals surface area contributed by atoms with Crippen LogP contribution in [0.1, 0.15) is 21.5 Å². The maximum atomic E-state index is 12.5.